The third kappa shape index (κ3) is 3.90. The minimum atomic E-state index is 0.420. The van der Waals surface area contributed by atoms with E-state index in [1.54, 1.807) is 0 Å². The van der Waals surface area contributed by atoms with Gasteiger partial charge in [-0.2, -0.15) is 0 Å². The van der Waals surface area contributed by atoms with Crippen molar-refractivity contribution in [1.29, 1.82) is 0 Å². The van der Waals surface area contributed by atoms with Crippen LogP contribution in [0.4, 0.5) is 10.8 Å². The lowest BCUT2D eigenvalue weighted by Crippen LogP contribution is -2.25. The van der Waals surface area contributed by atoms with Crippen LogP contribution in [-0.2, 0) is 6.61 Å². The Kier molecular flexibility index (Phi) is 4.97. The van der Waals surface area contributed by atoms with E-state index in [4.69, 9.17) is 22.8 Å². The van der Waals surface area contributed by atoms with Crippen molar-refractivity contribution in [2.45, 2.75) is 6.61 Å². The fourth-order valence-electron chi connectivity index (χ4n) is 2.65. The number of hydrogen-bond acceptors (Lipinski definition) is 6. The Morgan fingerprint density at radius 1 is 1.07 bits per heavy atom. The second-order valence-electron chi connectivity index (χ2n) is 5.81. The van der Waals surface area contributed by atoms with Crippen LogP contribution < -0.4 is 14.5 Å². The zero-order chi connectivity index (χ0) is 18.6. The predicted molar refractivity (Wildman–Crippen MR) is 109 cm³/mol. The smallest absolute Gasteiger partial charge is 0.296 e. The third-order valence-corrected chi connectivity index (χ3v) is 5.14. The zero-order valence-electron chi connectivity index (χ0n) is 14.2. The van der Waals surface area contributed by atoms with E-state index in [1.165, 1.54) is 11.3 Å². The van der Waals surface area contributed by atoms with Crippen LogP contribution >= 0.6 is 22.9 Å². The molecule has 1 aromatic heterocycles. The summed E-state index contributed by atoms with van der Waals surface area (Å²) in [5, 5.41) is 10.3. The number of hydrogen-bond donors (Lipinski definition) is 0. The molecule has 0 spiro atoms. The van der Waals surface area contributed by atoms with E-state index in [2.05, 4.69) is 21.0 Å². The molecule has 0 amide bonds. The molecule has 134 valence electrons. The Labute approximate surface area is 166 Å². The van der Waals surface area contributed by atoms with E-state index in [1.807, 2.05) is 65.8 Å². The van der Waals surface area contributed by atoms with Gasteiger partial charge in [0.25, 0.3) is 5.19 Å². The van der Waals surface area contributed by atoms with Crippen molar-refractivity contribution in [3.63, 3.8) is 0 Å². The summed E-state index contributed by atoms with van der Waals surface area (Å²) in [5.41, 5.74) is 2.87. The van der Waals surface area contributed by atoms with E-state index in [-0.39, 0.29) is 0 Å². The van der Waals surface area contributed by atoms with Gasteiger partial charge in [0.1, 0.15) is 13.3 Å². The molecule has 0 saturated heterocycles. The molecule has 2 aromatic carbocycles. The molecule has 0 unspecified atom stereocenters. The number of anilines is 2. The third-order valence-electron chi connectivity index (χ3n) is 4.02. The highest BCUT2D eigenvalue weighted by Crippen LogP contribution is 2.31. The Balaban J connectivity index is 1.40. The highest BCUT2D eigenvalue weighted by Gasteiger charge is 2.20. The molecule has 7 heteroatoms. The first-order valence-electron chi connectivity index (χ1n) is 8.21. The SMILES string of the molecule is C#Cc1ccccc1N1C=CN(c2nnc(OCc3ccc(Cl)cc3)s2)C1. The zero-order valence-corrected chi connectivity index (χ0v) is 15.8. The molecule has 4 rings (SSSR count). The number of terminal acetylenes is 1. The van der Waals surface area contributed by atoms with Gasteiger partial charge in [0, 0.05) is 23.0 Å². The standard InChI is InChI=1S/C20H15ClN4OS/c1-2-16-5-3-4-6-18(16)24-11-12-25(14-24)19-22-23-20(27-19)26-13-15-7-9-17(21)10-8-15/h1,3-12H,13-14H2. The number of benzene rings is 2. The summed E-state index contributed by atoms with van der Waals surface area (Å²) in [4.78, 5) is 4.07. The van der Waals surface area contributed by atoms with Crippen molar-refractivity contribution in [3.8, 4) is 17.5 Å². The van der Waals surface area contributed by atoms with Crippen LogP contribution in [0.1, 0.15) is 11.1 Å². The van der Waals surface area contributed by atoms with Gasteiger partial charge in [-0.3, -0.25) is 0 Å². The maximum absolute atomic E-state index is 5.89. The molecule has 0 saturated carbocycles. The number of para-hydroxylation sites is 1. The second-order valence-corrected chi connectivity index (χ2v) is 7.16. The molecular weight excluding hydrogens is 380 g/mol. The molecule has 5 nitrogen and oxygen atoms in total. The average Bonchev–Trinajstić information content (AvgIpc) is 3.37. The molecule has 0 atom stereocenters. The van der Waals surface area contributed by atoms with Gasteiger partial charge in [0.15, 0.2) is 0 Å². The molecule has 1 aliphatic rings. The first-order chi connectivity index (χ1) is 13.2. The van der Waals surface area contributed by atoms with Crippen molar-refractivity contribution in [3.05, 3.63) is 77.1 Å². The summed E-state index contributed by atoms with van der Waals surface area (Å²) in [7, 11) is 0. The number of halogens is 1. The summed E-state index contributed by atoms with van der Waals surface area (Å²) in [5.74, 6) is 2.72. The monoisotopic (exact) mass is 394 g/mol. The van der Waals surface area contributed by atoms with Crippen LogP contribution in [0, 0.1) is 12.3 Å². The van der Waals surface area contributed by atoms with Crippen LogP contribution in [0.3, 0.4) is 0 Å². The van der Waals surface area contributed by atoms with Crippen molar-refractivity contribution < 1.29 is 4.74 Å². The highest BCUT2D eigenvalue weighted by molar-refractivity contribution is 7.17. The summed E-state index contributed by atoms with van der Waals surface area (Å²) >= 11 is 7.29. The van der Waals surface area contributed by atoms with E-state index in [0.717, 1.165) is 21.9 Å². The molecule has 3 aromatic rings. The Morgan fingerprint density at radius 3 is 2.67 bits per heavy atom. The fourth-order valence-corrected chi connectivity index (χ4v) is 3.45. The van der Waals surface area contributed by atoms with Gasteiger partial charge >= 0.3 is 0 Å². The van der Waals surface area contributed by atoms with Crippen LogP contribution in [0.15, 0.2) is 60.9 Å². The second kappa shape index (κ2) is 7.70. The van der Waals surface area contributed by atoms with Crippen LogP contribution in [0.5, 0.6) is 5.19 Å². The molecule has 0 aliphatic carbocycles. The van der Waals surface area contributed by atoms with Crippen LogP contribution in [0.2, 0.25) is 5.02 Å². The van der Waals surface area contributed by atoms with E-state index >= 15 is 0 Å². The van der Waals surface area contributed by atoms with Gasteiger partial charge in [-0.25, -0.2) is 0 Å². The van der Waals surface area contributed by atoms with Crippen molar-refractivity contribution in [1.82, 2.24) is 10.2 Å². The largest absolute Gasteiger partial charge is 0.464 e. The van der Waals surface area contributed by atoms with Gasteiger partial charge in [-0.15, -0.1) is 11.5 Å². The minimum absolute atomic E-state index is 0.420. The maximum atomic E-state index is 5.89. The molecule has 0 radical (unpaired) electrons. The van der Waals surface area contributed by atoms with Gasteiger partial charge in [-0.1, -0.05) is 46.9 Å². The quantitative estimate of drug-likeness (QED) is 0.596. The van der Waals surface area contributed by atoms with Crippen molar-refractivity contribution >= 4 is 33.8 Å². The van der Waals surface area contributed by atoms with Gasteiger partial charge in [-0.05, 0) is 41.2 Å². The number of rotatable bonds is 5. The van der Waals surface area contributed by atoms with Crippen molar-refractivity contribution in [2.75, 3.05) is 16.5 Å². The lowest BCUT2D eigenvalue weighted by molar-refractivity contribution is 0.302. The van der Waals surface area contributed by atoms with E-state index in [0.29, 0.717) is 23.5 Å². The maximum Gasteiger partial charge on any atom is 0.296 e. The van der Waals surface area contributed by atoms with E-state index in [9.17, 15) is 0 Å². The first kappa shape index (κ1) is 17.4. The van der Waals surface area contributed by atoms with E-state index < -0.39 is 0 Å². The fraction of sp³-hybridized carbons (Fsp3) is 0.100. The minimum Gasteiger partial charge on any atom is -0.464 e. The summed E-state index contributed by atoms with van der Waals surface area (Å²) in [6.07, 6.45) is 9.53. The molecular formula is C20H15ClN4OS. The molecule has 0 N–H and O–H groups in total. The van der Waals surface area contributed by atoms with Gasteiger partial charge in [0.2, 0.25) is 5.13 Å². The number of aromatic nitrogens is 2. The topological polar surface area (TPSA) is 41.5 Å². The molecule has 27 heavy (non-hydrogen) atoms. The predicted octanol–water partition coefficient (Wildman–Crippen LogP) is 4.51. The Bertz CT molecular complexity index is 1010. The van der Waals surface area contributed by atoms with Crippen LogP contribution in [0.25, 0.3) is 0 Å². The normalized spacial score (nSPS) is 13.0. The highest BCUT2D eigenvalue weighted by atomic mass is 35.5. The first-order valence-corrected chi connectivity index (χ1v) is 9.40. The van der Waals surface area contributed by atoms with Gasteiger partial charge < -0.3 is 14.5 Å². The Morgan fingerprint density at radius 2 is 1.85 bits per heavy atom. The van der Waals surface area contributed by atoms with Crippen molar-refractivity contribution in [2.24, 2.45) is 0 Å². The summed E-state index contributed by atoms with van der Waals surface area (Å²) in [6, 6.07) is 15.4. The molecule has 1 aliphatic heterocycles. The van der Waals surface area contributed by atoms with Crippen LogP contribution in [-0.4, -0.2) is 16.9 Å². The molecule has 0 fully saturated rings. The molecule has 2 heterocycles. The summed E-state index contributed by atoms with van der Waals surface area (Å²) < 4.78 is 5.73. The lowest BCUT2D eigenvalue weighted by atomic mass is 10.2. The van der Waals surface area contributed by atoms with Gasteiger partial charge in [0.05, 0.1) is 5.69 Å². The summed E-state index contributed by atoms with van der Waals surface area (Å²) in [6.45, 7) is 1.04. The number of ether oxygens (including phenoxy) is 1. The lowest BCUT2D eigenvalue weighted by Gasteiger charge is -2.20. The Hall–Kier alpha value is -3.01. The average molecular weight is 395 g/mol. The molecule has 0 bridgehead atoms. The number of nitrogens with zero attached hydrogens (tertiary/aromatic N) is 4.